The Labute approximate surface area is 135 Å². The molecule has 0 aliphatic carbocycles. The van der Waals surface area contributed by atoms with Gasteiger partial charge in [-0.15, -0.1) is 0 Å². The van der Waals surface area contributed by atoms with E-state index in [0.717, 1.165) is 6.26 Å². The lowest BCUT2D eigenvalue weighted by atomic mass is 10.2. The second-order valence-corrected chi connectivity index (χ2v) is 6.97. The first kappa shape index (κ1) is 16.8. The Morgan fingerprint density at radius 1 is 1.04 bits per heavy atom. The molecule has 0 spiro atoms. The van der Waals surface area contributed by atoms with Gasteiger partial charge < -0.3 is 10.1 Å². The van der Waals surface area contributed by atoms with Gasteiger partial charge in [0, 0.05) is 18.3 Å². The molecule has 0 atom stereocenters. The summed E-state index contributed by atoms with van der Waals surface area (Å²) < 4.78 is 29.2. The second kappa shape index (κ2) is 6.70. The summed E-state index contributed by atoms with van der Waals surface area (Å²) in [6.07, 6.45) is 1.13. The summed E-state index contributed by atoms with van der Waals surface area (Å²) in [6, 6.07) is 13.3. The van der Waals surface area contributed by atoms with E-state index in [1.165, 1.54) is 11.4 Å². The summed E-state index contributed by atoms with van der Waals surface area (Å²) in [5, 5.41) is 2.75. The van der Waals surface area contributed by atoms with Crippen LogP contribution in [0.25, 0.3) is 0 Å². The maximum absolute atomic E-state index is 12.1. The van der Waals surface area contributed by atoms with Crippen LogP contribution in [0.1, 0.15) is 10.4 Å². The third-order valence-electron chi connectivity index (χ3n) is 3.34. The topological polar surface area (TPSA) is 75.7 Å². The zero-order valence-electron chi connectivity index (χ0n) is 13.1. The van der Waals surface area contributed by atoms with Crippen molar-refractivity contribution in [1.29, 1.82) is 0 Å². The van der Waals surface area contributed by atoms with Gasteiger partial charge in [-0.05, 0) is 48.5 Å². The van der Waals surface area contributed by atoms with E-state index in [1.54, 1.807) is 55.6 Å². The number of ether oxygens (including phenoxy) is 1. The summed E-state index contributed by atoms with van der Waals surface area (Å²) in [6.45, 7) is 0. The van der Waals surface area contributed by atoms with Gasteiger partial charge in [0.15, 0.2) is 0 Å². The average Bonchev–Trinajstić information content (AvgIpc) is 2.54. The molecule has 23 heavy (non-hydrogen) atoms. The fourth-order valence-corrected chi connectivity index (χ4v) is 2.40. The van der Waals surface area contributed by atoms with Crippen molar-refractivity contribution in [3.8, 4) is 5.75 Å². The monoisotopic (exact) mass is 334 g/mol. The van der Waals surface area contributed by atoms with Gasteiger partial charge in [-0.1, -0.05) is 0 Å². The van der Waals surface area contributed by atoms with E-state index >= 15 is 0 Å². The van der Waals surface area contributed by atoms with Crippen molar-refractivity contribution in [2.75, 3.05) is 30.0 Å². The summed E-state index contributed by atoms with van der Waals surface area (Å²) in [7, 11) is -0.275. The lowest BCUT2D eigenvalue weighted by Gasteiger charge is -2.16. The molecule has 0 unspecified atom stereocenters. The van der Waals surface area contributed by atoms with Gasteiger partial charge in [-0.2, -0.15) is 0 Å². The molecule has 2 aromatic carbocycles. The maximum Gasteiger partial charge on any atom is 0.255 e. The minimum Gasteiger partial charge on any atom is -0.497 e. The van der Waals surface area contributed by atoms with Crippen molar-refractivity contribution in [3.63, 3.8) is 0 Å². The van der Waals surface area contributed by atoms with E-state index < -0.39 is 10.0 Å². The first-order valence-electron chi connectivity index (χ1n) is 6.80. The molecule has 0 radical (unpaired) electrons. The highest BCUT2D eigenvalue weighted by Gasteiger charge is 2.12. The minimum atomic E-state index is -3.31. The van der Waals surface area contributed by atoms with Crippen molar-refractivity contribution < 1.29 is 17.9 Å². The molecule has 7 heteroatoms. The highest BCUT2D eigenvalue weighted by Crippen LogP contribution is 2.19. The van der Waals surface area contributed by atoms with Crippen LogP contribution in [0.5, 0.6) is 5.75 Å². The number of nitrogens with zero attached hydrogens (tertiary/aromatic N) is 1. The molecule has 2 aromatic rings. The third-order valence-corrected chi connectivity index (χ3v) is 4.54. The molecule has 122 valence electrons. The fourth-order valence-electron chi connectivity index (χ4n) is 1.89. The number of carbonyl (C=O) groups excluding carboxylic acids is 1. The van der Waals surface area contributed by atoms with Crippen molar-refractivity contribution in [1.82, 2.24) is 0 Å². The number of sulfonamides is 1. The van der Waals surface area contributed by atoms with Gasteiger partial charge in [0.1, 0.15) is 5.75 Å². The Balaban J connectivity index is 2.09. The van der Waals surface area contributed by atoms with Gasteiger partial charge in [-0.3, -0.25) is 9.10 Å². The zero-order chi connectivity index (χ0) is 17.0. The SMILES string of the molecule is COc1ccc(C(=O)Nc2ccc(N(C)S(C)(=O)=O)cc2)cc1. The molecule has 0 saturated carbocycles. The molecule has 0 aromatic heterocycles. The number of anilines is 2. The number of nitrogens with one attached hydrogen (secondary N) is 1. The van der Waals surface area contributed by atoms with E-state index in [0.29, 0.717) is 22.7 Å². The molecular weight excluding hydrogens is 316 g/mol. The maximum atomic E-state index is 12.1. The van der Waals surface area contributed by atoms with Crippen LogP contribution in [-0.2, 0) is 10.0 Å². The summed E-state index contributed by atoms with van der Waals surface area (Å²) in [5.41, 5.74) is 1.61. The zero-order valence-corrected chi connectivity index (χ0v) is 13.9. The van der Waals surface area contributed by atoms with Gasteiger partial charge in [0.2, 0.25) is 10.0 Å². The Hall–Kier alpha value is -2.54. The highest BCUT2D eigenvalue weighted by atomic mass is 32.2. The van der Waals surface area contributed by atoms with E-state index in [2.05, 4.69) is 5.32 Å². The Bertz CT molecular complexity index is 784. The molecule has 0 bridgehead atoms. The normalized spacial score (nSPS) is 10.9. The van der Waals surface area contributed by atoms with Crippen LogP contribution in [0, 0.1) is 0 Å². The Morgan fingerprint density at radius 3 is 2.09 bits per heavy atom. The van der Waals surface area contributed by atoms with Gasteiger partial charge in [0.05, 0.1) is 19.1 Å². The second-order valence-electron chi connectivity index (χ2n) is 4.96. The molecule has 2 rings (SSSR count). The number of amides is 1. The Kier molecular flexibility index (Phi) is 4.90. The van der Waals surface area contributed by atoms with E-state index in [9.17, 15) is 13.2 Å². The van der Waals surface area contributed by atoms with Crippen molar-refractivity contribution in [2.24, 2.45) is 0 Å². The van der Waals surface area contributed by atoms with E-state index in [1.807, 2.05) is 0 Å². The average molecular weight is 334 g/mol. The standard InChI is InChI=1S/C16H18N2O4S/c1-18(23(3,20)21)14-8-6-13(7-9-14)17-16(19)12-4-10-15(22-2)11-5-12/h4-11H,1-3H3,(H,17,19). The lowest BCUT2D eigenvalue weighted by molar-refractivity contribution is 0.102. The van der Waals surface area contributed by atoms with Gasteiger partial charge in [0.25, 0.3) is 5.91 Å². The van der Waals surface area contributed by atoms with E-state index in [-0.39, 0.29) is 5.91 Å². The van der Waals surface area contributed by atoms with Crippen LogP contribution in [0.4, 0.5) is 11.4 Å². The summed E-state index contributed by atoms with van der Waals surface area (Å²) >= 11 is 0. The molecule has 0 heterocycles. The van der Waals surface area contributed by atoms with E-state index in [4.69, 9.17) is 4.74 Å². The quantitative estimate of drug-likeness (QED) is 0.910. The predicted octanol–water partition coefficient (Wildman–Crippen LogP) is 2.34. The number of hydrogen-bond acceptors (Lipinski definition) is 4. The highest BCUT2D eigenvalue weighted by molar-refractivity contribution is 7.92. The van der Waals surface area contributed by atoms with Crippen molar-refractivity contribution in [2.45, 2.75) is 0 Å². The molecule has 0 aliphatic heterocycles. The molecule has 1 N–H and O–H groups in total. The minimum absolute atomic E-state index is 0.253. The number of rotatable bonds is 5. The Morgan fingerprint density at radius 2 is 1.61 bits per heavy atom. The molecule has 6 nitrogen and oxygen atoms in total. The van der Waals surface area contributed by atoms with Gasteiger partial charge >= 0.3 is 0 Å². The number of carbonyl (C=O) groups is 1. The first-order valence-corrected chi connectivity index (χ1v) is 8.65. The van der Waals surface area contributed by atoms with Crippen LogP contribution >= 0.6 is 0 Å². The summed E-state index contributed by atoms with van der Waals surface area (Å²) in [4.78, 5) is 12.1. The van der Waals surface area contributed by atoms with Gasteiger partial charge in [-0.25, -0.2) is 8.42 Å². The third kappa shape index (κ3) is 4.23. The largest absolute Gasteiger partial charge is 0.497 e. The molecule has 0 fully saturated rings. The summed E-state index contributed by atoms with van der Waals surface area (Å²) in [5.74, 6) is 0.423. The first-order chi connectivity index (χ1) is 10.8. The fraction of sp³-hybridized carbons (Fsp3) is 0.188. The number of benzene rings is 2. The smallest absolute Gasteiger partial charge is 0.255 e. The van der Waals surface area contributed by atoms with Crippen LogP contribution in [-0.4, -0.2) is 34.7 Å². The van der Waals surface area contributed by atoms with Crippen LogP contribution in [0.3, 0.4) is 0 Å². The molecular formula is C16H18N2O4S. The predicted molar refractivity (Wildman–Crippen MR) is 90.6 cm³/mol. The molecule has 0 saturated heterocycles. The number of hydrogen-bond donors (Lipinski definition) is 1. The molecule has 0 aliphatic rings. The van der Waals surface area contributed by atoms with Crippen LogP contribution in [0.2, 0.25) is 0 Å². The van der Waals surface area contributed by atoms with Crippen molar-refractivity contribution >= 4 is 27.3 Å². The molecule has 1 amide bonds. The van der Waals surface area contributed by atoms with Crippen LogP contribution < -0.4 is 14.4 Å². The van der Waals surface area contributed by atoms with Crippen LogP contribution in [0.15, 0.2) is 48.5 Å². The lowest BCUT2D eigenvalue weighted by Crippen LogP contribution is -2.24. The van der Waals surface area contributed by atoms with Crippen molar-refractivity contribution in [3.05, 3.63) is 54.1 Å². The number of methoxy groups -OCH3 is 1.